The van der Waals surface area contributed by atoms with E-state index < -0.39 is 43.0 Å². The summed E-state index contributed by atoms with van der Waals surface area (Å²) < 4.78 is 36.7. The molecule has 1 unspecified atom stereocenters. The number of amides is 2. The Bertz CT molecular complexity index is 615. The molecule has 2 amide bonds. The second kappa shape index (κ2) is 9.05. The first-order valence-electron chi connectivity index (χ1n) is 7.48. The number of aryl methyl sites for hydroxylation is 2. The van der Waals surface area contributed by atoms with Crippen LogP contribution in [-0.4, -0.2) is 41.7 Å². The highest BCUT2D eigenvalue weighted by Crippen LogP contribution is 2.21. The fourth-order valence-corrected chi connectivity index (χ4v) is 1.96. The number of carbonyl (C=O) groups is 3. The topological polar surface area (TPSA) is 95.5 Å². The number of carboxylic acids is 1. The van der Waals surface area contributed by atoms with Gasteiger partial charge in [0, 0.05) is 6.42 Å². The largest absolute Gasteiger partial charge is 0.480 e. The van der Waals surface area contributed by atoms with E-state index in [0.29, 0.717) is 6.42 Å². The molecule has 0 aliphatic heterocycles. The van der Waals surface area contributed by atoms with Crippen LogP contribution in [0.2, 0.25) is 0 Å². The summed E-state index contributed by atoms with van der Waals surface area (Å²) in [6.07, 6.45) is -5.87. The zero-order valence-corrected chi connectivity index (χ0v) is 13.5. The minimum absolute atomic E-state index is 0.0985. The molecule has 1 rings (SSSR count). The third-order valence-corrected chi connectivity index (χ3v) is 3.28. The van der Waals surface area contributed by atoms with Gasteiger partial charge in [-0.2, -0.15) is 13.2 Å². The van der Waals surface area contributed by atoms with Crippen molar-refractivity contribution >= 4 is 17.8 Å². The fourth-order valence-electron chi connectivity index (χ4n) is 1.96. The normalized spacial score (nSPS) is 12.3. The highest BCUT2D eigenvalue weighted by Gasteiger charge is 2.36. The summed E-state index contributed by atoms with van der Waals surface area (Å²) in [5, 5.41) is 12.7. The zero-order valence-electron chi connectivity index (χ0n) is 13.5. The number of halogens is 3. The van der Waals surface area contributed by atoms with Crippen LogP contribution in [0.25, 0.3) is 0 Å². The SMILES string of the molecule is Cc1ccc(CCC(=O)NCC(=O)NC(CC(F)(F)F)C(=O)O)cc1. The van der Waals surface area contributed by atoms with E-state index in [1.54, 1.807) is 5.32 Å². The number of alkyl halides is 3. The molecule has 0 saturated carbocycles. The van der Waals surface area contributed by atoms with Crippen molar-refractivity contribution in [2.45, 2.75) is 38.4 Å². The number of hydrogen-bond acceptors (Lipinski definition) is 3. The predicted molar refractivity (Wildman–Crippen MR) is 82.7 cm³/mol. The van der Waals surface area contributed by atoms with Crippen molar-refractivity contribution in [3.63, 3.8) is 0 Å². The van der Waals surface area contributed by atoms with Crippen LogP contribution in [-0.2, 0) is 20.8 Å². The van der Waals surface area contributed by atoms with Crippen molar-refractivity contribution in [3.8, 4) is 0 Å². The summed E-state index contributed by atoms with van der Waals surface area (Å²) in [6.45, 7) is 1.34. The molecule has 0 spiro atoms. The average Bonchev–Trinajstić information content (AvgIpc) is 2.50. The van der Waals surface area contributed by atoms with Crippen LogP contribution in [0.3, 0.4) is 0 Å². The maximum Gasteiger partial charge on any atom is 0.391 e. The summed E-state index contributed by atoms with van der Waals surface area (Å²) >= 11 is 0. The lowest BCUT2D eigenvalue weighted by atomic mass is 10.1. The Morgan fingerprint density at radius 1 is 1.12 bits per heavy atom. The maximum atomic E-state index is 12.2. The molecular formula is C16H19F3N2O4. The van der Waals surface area contributed by atoms with Gasteiger partial charge >= 0.3 is 12.1 Å². The third-order valence-electron chi connectivity index (χ3n) is 3.28. The molecular weight excluding hydrogens is 341 g/mol. The summed E-state index contributed by atoms with van der Waals surface area (Å²) in [4.78, 5) is 33.9. The van der Waals surface area contributed by atoms with Crippen molar-refractivity contribution in [1.82, 2.24) is 10.6 Å². The molecule has 0 bridgehead atoms. The lowest BCUT2D eigenvalue weighted by Crippen LogP contribution is -2.47. The van der Waals surface area contributed by atoms with E-state index in [2.05, 4.69) is 5.32 Å². The molecule has 1 atom stereocenters. The molecule has 0 heterocycles. The Hall–Kier alpha value is -2.58. The molecule has 0 saturated heterocycles. The molecule has 9 heteroatoms. The Balaban J connectivity index is 2.37. The van der Waals surface area contributed by atoms with Crippen LogP contribution >= 0.6 is 0 Å². The van der Waals surface area contributed by atoms with Crippen LogP contribution in [0.15, 0.2) is 24.3 Å². The molecule has 0 fully saturated rings. The van der Waals surface area contributed by atoms with Gasteiger partial charge in [0.2, 0.25) is 11.8 Å². The van der Waals surface area contributed by atoms with Gasteiger partial charge in [-0.3, -0.25) is 9.59 Å². The molecule has 0 aliphatic rings. The van der Waals surface area contributed by atoms with Crippen LogP contribution < -0.4 is 10.6 Å². The summed E-state index contributed by atoms with van der Waals surface area (Å²) in [5.74, 6) is -3.25. The van der Waals surface area contributed by atoms with E-state index in [4.69, 9.17) is 5.11 Å². The van der Waals surface area contributed by atoms with Crippen molar-refractivity contribution in [1.29, 1.82) is 0 Å². The quantitative estimate of drug-likeness (QED) is 0.656. The molecule has 138 valence electrons. The van der Waals surface area contributed by atoms with Gasteiger partial charge in [-0.05, 0) is 18.9 Å². The van der Waals surface area contributed by atoms with Crippen molar-refractivity contribution in [2.75, 3.05) is 6.54 Å². The molecule has 1 aromatic rings. The summed E-state index contributed by atoms with van der Waals surface area (Å²) in [7, 11) is 0. The summed E-state index contributed by atoms with van der Waals surface area (Å²) in [6, 6.07) is 5.44. The molecule has 25 heavy (non-hydrogen) atoms. The van der Waals surface area contributed by atoms with Gasteiger partial charge in [-0.25, -0.2) is 4.79 Å². The average molecular weight is 360 g/mol. The van der Waals surface area contributed by atoms with E-state index >= 15 is 0 Å². The number of rotatable bonds is 8. The van der Waals surface area contributed by atoms with Crippen molar-refractivity contribution in [3.05, 3.63) is 35.4 Å². The molecule has 0 aromatic heterocycles. The number of benzene rings is 1. The van der Waals surface area contributed by atoms with Gasteiger partial charge in [0.15, 0.2) is 0 Å². The highest BCUT2D eigenvalue weighted by molar-refractivity contribution is 5.87. The lowest BCUT2D eigenvalue weighted by Gasteiger charge is -2.16. The number of carboxylic acid groups (broad SMARTS) is 1. The van der Waals surface area contributed by atoms with E-state index in [0.717, 1.165) is 11.1 Å². The van der Waals surface area contributed by atoms with Crippen LogP contribution in [0.1, 0.15) is 24.0 Å². The smallest absolute Gasteiger partial charge is 0.391 e. The molecule has 3 N–H and O–H groups in total. The van der Waals surface area contributed by atoms with Crippen molar-refractivity contribution < 1.29 is 32.7 Å². The van der Waals surface area contributed by atoms with Gasteiger partial charge in [-0.1, -0.05) is 29.8 Å². The first-order chi connectivity index (χ1) is 11.6. The Labute approximate surface area is 142 Å². The number of carbonyl (C=O) groups excluding carboxylic acids is 2. The second-order valence-corrected chi connectivity index (χ2v) is 5.54. The van der Waals surface area contributed by atoms with E-state index in [1.807, 2.05) is 31.2 Å². The van der Waals surface area contributed by atoms with Gasteiger partial charge < -0.3 is 15.7 Å². The summed E-state index contributed by atoms with van der Waals surface area (Å²) in [5.41, 5.74) is 2.01. The van der Waals surface area contributed by atoms with E-state index in [1.165, 1.54) is 0 Å². The molecule has 6 nitrogen and oxygen atoms in total. The number of hydrogen-bond donors (Lipinski definition) is 3. The van der Waals surface area contributed by atoms with Crippen LogP contribution in [0.4, 0.5) is 13.2 Å². The lowest BCUT2D eigenvalue weighted by molar-refractivity contribution is -0.159. The second-order valence-electron chi connectivity index (χ2n) is 5.54. The minimum atomic E-state index is -4.73. The number of nitrogens with one attached hydrogen (secondary N) is 2. The first-order valence-corrected chi connectivity index (χ1v) is 7.48. The Morgan fingerprint density at radius 3 is 2.24 bits per heavy atom. The molecule has 0 radical (unpaired) electrons. The van der Waals surface area contributed by atoms with E-state index in [9.17, 15) is 27.6 Å². The first kappa shape index (κ1) is 20.5. The fraction of sp³-hybridized carbons (Fsp3) is 0.438. The van der Waals surface area contributed by atoms with E-state index in [-0.39, 0.29) is 6.42 Å². The van der Waals surface area contributed by atoms with Gasteiger partial charge in [-0.15, -0.1) is 0 Å². The monoisotopic (exact) mass is 360 g/mol. The highest BCUT2D eigenvalue weighted by atomic mass is 19.4. The van der Waals surface area contributed by atoms with Crippen LogP contribution in [0.5, 0.6) is 0 Å². The van der Waals surface area contributed by atoms with Crippen LogP contribution in [0, 0.1) is 6.92 Å². The third kappa shape index (κ3) is 8.73. The Morgan fingerprint density at radius 2 is 1.72 bits per heavy atom. The zero-order chi connectivity index (χ0) is 19.0. The molecule has 0 aliphatic carbocycles. The van der Waals surface area contributed by atoms with Crippen molar-refractivity contribution in [2.24, 2.45) is 0 Å². The standard InChI is InChI=1S/C16H19F3N2O4/c1-10-2-4-11(5-3-10)6-7-13(22)20-9-14(23)21-12(15(24)25)8-16(17,18)19/h2-5,12H,6-9H2,1H3,(H,20,22)(H,21,23)(H,24,25). The van der Waals surface area contributed by atoms with Gasteiger partial charge in [0.05, 0.1) is 13.0 Å². The minimum Gasteiger partial charge on any atom is -0.480 e. The molecule has 1 aromatic carbocycles. The Kier molecular flexibility index (Phi) is 7.41. The predicted octanol–water partition coefficient (Wildman–Crippen LogP) is 1.57. The number of aliphatic carboxylic acids is 1. The maximum absolute atomic E-state index is 12.2. The van der Waals surface area contributed by atoms with Gasteiger partial charge in [0.1, 0.15) is 6.04 Å². The van der Waals surface area contributed by atoms with Gasteiger partial charge in [0.25, 0.3) is 0 Å².